The molecule has 1 aliphatic heterocycles. The summed E-state index contributed by atoms with van der Waals surface area (Å²) >= 11 is 0. The second-order valence-electron chi connectivity index (χ2n) is 7.53. The third-order valence-corrected chi connectivity index (χ3v) is 3.75. The maximum Gasteiger partial charge on any atom is 0.191 e. The summed E-state index contributed by atoms with van der Waals surface area (Å²) in [7, 11) is 0. The molecule has 1 rings (SSSR count). The molecule has 0 aliphatic carbocycles. The predicted molar refractivity (Wildman–Crippen MR) is 104 cm³/mol. The summed E-state index contributed by atoms with van der Waals surface area (Å²) in [5.74, 6) is 1.63. The largest absolute Gasteiger partial charge is 0.357 e. The summed E-state index contributed by atoms with van der Waals surface area (Å²) in [5.41, 5.74) is 0.230. The number of hydrogen-bond donors (Lipinski definition) is 2. The quantitative estimate of drug-likeness (QED) is 0.425. The molecule has 0 saturated carbocycles. The number of nitrogens with one attached hydrogen (secondary N) is 2. The van der Waals surface area contributed by atoms with Crippen molar-refractivity contribution in [2.45, 2.75) is 60.5 Å². The Morgan fingerprint density at radius 3 is 2.33 bits per heavy atom. The molecule has 0 spiro atoms. The Labute approximate surface area is 148 Å². The zero-order valence-corrected chi connectivity index (χ0v) is 17.2. The lowest BCUT2D eigenvalue weighted by atomic mass is 9.97. The Kier molecular flexibility index (Phi) is 9.16. The van der Waals surface area contributed by atoms with Crippen LogP contribution < -0.4 is 10.6 Å². The van der Waals surface area contributed by atoms with E-state index in [1.54, 1.807) is 0 Å². The zero-order valence-electron chi connectivity index (χ0n) is 14.9. The molecule has 2 N–H and O–H groups in total. The summed E-state index contributed by atoms with van der Waals surface area (Å²) in [6.07, 6.45) is 0. The van der Waals surface area contributed by atoms with E-state index in [1.165, 1.54) is 6.54 Å². The minimum Gasteiger partial charge on any atom is -0.357 e. The molecule has 5 heteroatoms. The minimum absolute atomic E-state index is 0. The molecule has 1 saturated heterocycles. The summed E-state index contributed by atoms with van der Waals surface area (Å²) in [5, 5.41) is 6.99. The van der Waals surface area contributed by atoms with Crippen LogP contribution in [0.3, 0.4) is 0 Å². The lowest BCUT2D eigenvalue weighted by Gasteiger charge is -2.23. The van der Waals surface area contributed by atoms with Crippen molar-refractivity contribution in [3.05, 3.63) is 0 Å². The Balaban J connectivity index is 0.00000400. The van der Waals surface area contributed by atoms with Gasteiger partial charge in [0.2, 0.25) is 0 Å². The van der Waals surface area contributed by atoms with Crippen LogP contribution in [0, 0.1) is 11.3 Å². The van der Waals surface area contributed by atoms with Gasteiger partial charge < -0.3 is 10.6 Å². The number of guanidine groups is 1. The highest BCUT2D eigenvalue weighted by molar-refractivity contribution is 14.0. The lowest BCUT2D eigenvalue weighted by molar-refractivity contribution is 0.265. The molecule has 1 heterocycles. The Bertz CT molecular complexity index is 323. The summed E-state index contributed by atoms with van der Waals surface area (Å²) < 4.78 is 0. The van der Waals surface area contributed by atoms with Crippen molar-refractivity contribution in [1.82, 2.24) is 15.5 Å². The van der Waals surface area contributed by atoms with Crippen LogP contribution in [0.25, 0.3) is 0 Å². The van der Waals surface area contributed by atoms with Crippen molar-refractivity contribution < 1.29 is 0 Å². The first kappa shape index (κ1) is 21.0. The molecule has 1 fully saturated rings. The normalized spacial score (nSPS) is 24.1. The summed E-state index contributed by atoms with van der Waals surface area (Å²) in [4.78, 5) is 7.27. The average molecular weight is 410 g/mol. The topological polar surface area (TPSA) is 39.7 Å². The van der Waals surface area contributed by atoms with E-state index in [1.807, 2.05) is 0 Å². The van der Waals surface area contributed by atoms with E-state index in [4.69, 9.17) is 4.99 Å². The fourth-order valence-corrected chi connectivity index (χ4v) is 2.43. The second kappa shape index (κ2) is 9.18. The number of nitrogens with zero attached hydrogens (tertiary/aromatic N) is 2. The van der Waals surface area contributed by atoms with E-state index in [9.17, 15) is 0 Å². The highest BCUT2D eigenvalue weighted by atomic mass is 127. The fraction of sp³-hybridized carbons (Fsp3) is 0.938. The standard InChI is InChI=1S/C16H34N4.HI/c1-8-17-15(18-11-16(5,6)7)19-14-10-20(12(2)3)9-13(14)4;/h12-14H,8-11H2,1-7H3,(H2,17,18,19);1H. The van der Waals surface area contributed by atoms with E-state index in [-0.39, 0.29) is 29.4 Å². The second-order valence-corrected chi connectivity index (χ2v) is 7.53. The highest BCUT2D eigenvalue weighted by Gasteiger charge is 2.31. The van der Waals surface area contributed by atoms with Gasteiger partial charge in [0, 0.05) is 38.3 Å². The Morgan fingerprint density at radius 1 is 1.29 bits per heavy atom. The van der Waals surface area contributed by atoms with E-state index < -0.39 is 0 Å². The lowest BCUT2D eigenvalue weighted by Crippen LogP contribution is -2.47. The van der Waals surface area contributed by atoms with Crippen molar-refractivity contribution in [1.29, 1.82) is 0 Å². The van der Waals surface area contributed by atoms with Gasteiger partial charge in [0.05, 0.1) is 0 Å². The SMILES string of the molecule is CCNC(=NCC(C)(C)C)NC1CN(C(C)C)CC1C.I. The van der Waals surface area contributed by atoms with Gasteiger partial charge in [0.1, 0.15) is 0 Å². The molecule has 126 valence electrons. The number of rotatable bonds is 4. The van der Waals surface area contributed by atoms with Crippen LogP contribution in [-0.2, 0) is 0 Å². The van der Waals surface area contributed by atoms with Crippen LogP contribution in [0.4, 0.5) is 0 Å². The van der Waals surface area contributed by atoms with E-state index in [0.29, 0.717) is 18.0 Å². The van der Waals surface area contributed by atoms with E-state index in [0.717, 1.165) is 25.6 Å². The van der Waals surface area contributed by atoms with Crippen LogP contribution in [0.5, 0.6) is 0 Å². The first-order chi connectivity index (χ1) is 9.23. The number of halogens is 1. The maximum atomic E-state index is 4.73. The Morgan fingerprint density at radius 2 is 1.90 bits per heavy atom. The molecule has 2 atom stereocenters. The predicted octanol–water partition coefficient (Wildman–Crippen LogP) is 2.93. The first-order valence-electron chi connectivity index (χ1n) is 8.02. The number of aliphatic imine (C=N–C) groups is 1. The molecule has 1 aliphatic rings. The van der Waals surface area contributed by atoms with E-state index in [2.05, 4.69) is 64.0 Å². The fourth-order valence-electron chi connectivity index (χ4n) is 2.43. The van der Waals surface area contributed by atoms with Crippen LogP contribution >= 0.6 is 24.0 Å². The Hall–Kier alpha value is -0.0400. The van der Waals surface area contributed by atoms with Gasteiger partial charge in [0.25, 0.3) is 0 Å². The molecular formula is C16H35IN4. The summed E-state index contributed by atoms with van der Waals surface area (Å²) in [6, 6.07) is 1.12. The highest BCUT2D eigenvalue weighted by Crippen LogP contribution is 2.18. The molecule has 0 aromatic rings. The van der Waals surface area contributed by atoms with Crippen molar-refractivity contribution in [3.8, 4) is 0 Å². The summed E-state index contributed by atoms with van der Waals surface area (Å²) in [6.45, 7) is 19.7. The molecule has 0 aromatic heterocycles. The van der Waals surface area contributed by atoms with Crippen molar-refractivity contribution >= 4 is 29.9 Å². The van der Waals surface area contributed by atoms with Gasteiger partial charge in [-0.05, 0) is 32.1 Å². The third kappa shape index (κ3) is 7.68. The molecule has 0 radical (unpaired) electrons. The van der Waals surface area contributed by atoms with E-state index >= 15 is 0 Å². The number of likely N-dealkylation sites (tertiary alicyclic amines) is 1. The first-order valence-corrected chi connectivity index (χ1v) is 8.02. The molecule has 0 aromatic carbocycles. The molecule has 21 heavy (non-hydrogen) atoms. The van der Waals surface area contributed by atoms with Gasteiger partial charge >= 0.3 is 0 Å². The van der Waals surface area contributed by atoms with Gasteiger partial charge in [-0.15, -0.1) is 24.0 Å². The minimum atomic E-state index is 0. The van der Waals surface area contributed by atoms with Crippen LogP contribution in [-0.4, -0.2) is 49.1 Å². The van der Waals surface area contributed by atoms with Crippen LogP contribution in [0.1, 0.15) is 48.5 Å². The smallest absolute Gasteiger partial charge is 0.191 e. The van der Waals surface area contributed by atoms with Crippen molar-refractivity contribution in [3.63, 3.8) is 0 Å². The maximum absolute atomic E-state index is 4.73. The van der Waals surface area contributed by atoms with Crippen molar-refractivity contribution in [2.75, 3.05) is 26.2 Å². The van der Waals surface area contributed by atoms with Gasteiger partial charge in [-0.3, -0.25) is 9.89 Å². The van der Waals surface area contributed by atoms with Gasteiger partial charge in [-0.2, -0.15) is 0 Å². The molecule has 0 bridgehead atoms. The third-order valence-electron chi connectivity index (χ3n) is 3.75. The van der Waals surface area contributed by atoms with Gasteiger partial charge in [0.15, 0.2) is 5.96 Å². The zero-order chi connectivity index (χ0) is 15.3. The molecular weight excluding hydrogens is 375 g/mol. The molecule has 0 amide bonds. The number of hydrogen-bond acceptors (Lipinski definition) is 2. The molecule has 2 unspecified atom stereocenters. The van der Waals surface area contributed by atoms with Gasteiger partial charge in [-0.1, -0.05) is 27.7 Å². The van der Waals surface area contributed by atoms with Gasteiger partial charge in [-0.25, -0.2) is 0 Å². The average Bonchev–Trinajstić information content (AvgIpc) is 2.67. The van der Waals surface area contributed by atoms with Crippen LogP contribution in [0.15, 0.2) is 4.99 Å². The molecule has 4 nitrogen and oxygen atoms in total. The van der Waals surface area contributed by atoms with Crippen LogP contribution in [0.2, 0.25) is 0 Å². The monoisotopic (exact) mass is 410 g/mol. The van der Waals surface area contributed by atoms with Crippen molar-refractivity contribution in [2.24, 2.45) is 16.3 Å².